The summed E-state index contributed by atoms with van der Waals surface area (Å²) in [6.07, 6.45) is 0.826. The van der Waals surface area contributed by atoms with Crippen molar-refractivity contribution in [2.24, 2.45) is 7.05 Å². The Bertz CT molecular complexity index is 1300. The molecule has 1 aromatic carbocycles. The molecule has 0 amide bonds. The van der Waals surface area contributed by atoms with E-state index in [-0.39, 0.29) is 29.5 Å². The molecular weight excluding hydrogens is 424 g/mol. The predicted octanol–water partition coefficient (Wildman–Crippen LogP) is 4.81. The molecule has 4 rings (SSSR count). The number of piperazine rings is 1. The van der Waals surface area contributed by atoms with Gasteiger partial charge in [0.15, 0.2) is 11.6 Å². The zero-order chi connectivity index (χ0) is 23.9. The molecule has 1 saturated heterocycles. The van der Waals surface area contributed by atoms with Crippen molar-refractivity contribution in [2.45, 2.75) is 45.3 Å². The van der Waals surface area contributed by atoms with Crippen molar-refractivity contribution in [1.29, 1.82) is 0 Å². The number of hydrogen-bond acceptors (Lipinski definition) is 4. The number of nitrogens with zero attached hydrogens (tertiary/aromatic N) is 5. The van der Waals surface area contributed by atoms with Crippen LogP contribution in [0, 0.1) is 18.2 Å². The van der Waals surface area contributed by atoms with Crippen molar-refractivity contribution < 1.29 is 8.78 Å². The molecule has 0 radical (unpaired) electrons. The number of anilines is 1. The van der Waals surface area contributed by atoms with E-state index in [9.17, 15) is 13.6 Å². The van der Waals surface area contributed by atoms with Crippen LogP contribution in [0.25, 0.3) is 15.9 Å². The maximum Gasteiger partial charge on any atom is 0.270 e. The maximum absolute atomic E-state index is 13.8. The van der Waals surface area contributed by atoms with Gasteiger partial charge < -0.3 is 14.3 Å². The van der Waals surface area contributed by atoms with Gasteiger partial charge in [-0.1, -0.05) is 19.6 Å². The summed E-state index contributed by atoms with van der Waals surface area (Å²) in [6.45, 7) is 14.9. The van der Waals surface area contributed by atoms with Crippen LogP contribution in [0.4, 0.5) is 20.3 Å². The van der Waals surface area contributed by atoms with Gasteiger partial charge in [0.2, 0.25) is 5.52 Å². The van der Waals surface area contributed by atoms with Crippen molar-refractivity contribution in [1.82, 2.24) is 14.5 Å². The standard InChI is InChI=1S/C25H27F2N5O/c1-6-18-14-31(16(3)17-7-8-19(26)20(27)11-17)15(2)13-32(18)22-12-24(33)30(5)21-9-10-23(28-4)29-25(21)22/h7-12,15-16,18H,6,13-14H2,1-3,5H3/t15-,16?,18+/m1/s1. The van der Waals surface area contributed by atoms with Crippen molar-refractivity contribution in [3.05, 3.63) is 75.4 Å². The maximum atomic E-state index is 13.8. The van der Waals surface area contributed by atoms with Gasteiger partial charge in [0.05, 0.1) is 11.2 Å². The van der Waals surface area contributed by atoms with Gasteiger partial charge in [-0.25, -0.2) is 8.78 Å². The van der Waals surface area contributed by atoms with E-state index in [1.165, 1.54) is 12.1 Å². The number of aromatic nitrogens is 2. The second-order valence-electron chi connectivity index (χ2n) is 8.69. The zero-order valence-corrected chi connectivity index (χ0v) is 19.2. The molecule has 3 atom stereocenters. The average Bonchev–Trinajstić information content (AvgIpc) is 2.82. The van der Waals surface area contributed by atoms with Crippen LogP contribution < -0.4 is 10.5 Å². The molecule has 3 heterocycles. The molecule has 1 aliphatic rings. The quantitative estimate of drug-likeness (QED) is 0.534. The van der Waals surface area contributed by atoms with Crippen molar-refractivity contribution >= 4 is 22.5 Å². The smallest absolute Gasteiger partial charge is 0.270 e. The van der Waals surface area contributed by atoms with E-state index in [0.29, 0.717) is 24.1 Å². The number of rotatable bonds is 4. The Morgan fingerprint density at radius 1 is 1.18 bits per heavy atom. The molecule has 2 aromatic heterocycles. The fourth-order valence-electron chi connectivity index (χ4n) is 4.79. The Hall–Kier alpha value is -3.31. The Morgan fingerprint density at radius 2 is 1.94 bits per heavy atom. The second kappa shape index (κ2) is 8.91. The summed E-state index contributed by atoms with van der Waals surface area (Å²) in [5.74, 6) is -1.40. The van der Waals surface area contributed by atoms with E-state index >= 15 is 0 Å². The highest BCUT2D eigenvalue weighted by molar-refractivity contribution is 5.89. The summed E-state index contributed by atoms with van der Waals surface area (Å²) in [5.41, 5.74) is 2.65. The SMILES string of the molecule is [C-]#[N+]c1ccc2c(n1)c(N1C[C@@H](C)N(C(C)c3ccc(F)c(F)c3)C[C@@H]1CC)cc(=O)n2C. The Morgan fingerprint density at radius 3 is 2.61 bits per heavy atom. The van der Waals surface area contributed by atoms with Gasteiger partial charge >= 0.3 is 0 Å². The van der Waals surface area contributed by atoms with E-state index in [2.05, 4.69) is 33.5 Å². The lowest BCUT2D eigenvalue weighted by Gasteiger charge is -2.48. The van der Waals surface area contributed by atoms with Crippen LogP contribution >= 0.6 is 0 Å². The second-order valence-corrected chi connectivity index (χ2v) is 8.69. The predicted molar refractivity (Wildman–Crippen MR) is 126 cm³/mol. The van der Waals surface area contributed by atoms with E-state index in [4.69, 9.17) is 6.57 Å². The molecule has 8 heteroatoms. The lowest BCUT2D eigenvalue weighted by Crippen LogP contribution is -2.58. The fraction of sp³-hybridized carbons (Fsp3) is 0.400. The topological polar surface area (TPSA) is 45.7 Å². The molecule has 1 unspecified atom stereocenters. The summed E-state index contributed by atoms with van der Waals surface area (Å²) in [7, 11) is 1.70. The van der Waals surface area contributed by atoms with Crippen LogP contribution in [-0.2, 0) is 7.05 Å². The van der Waals surface area contributed by atoms with Crippen LogP contribution in [-0.4, -0.2) is 39.6 Å². The highest BCUT2D eigenvalue weighted by atomic mass is 19.2. The molecule has 3 aromatic rings. The van der Waals surface area contributed by atoms with Crippen LogP contribution in [0.15, 0.2) is 41.2 Å². The molecule has 0 N–H and O–H groups in total. The first-order valence-electron chi connectivity index (χ1n) is 11.1. The van der Waals surface area contributed by atoms with Crippen molar-refractivity contribution in [3.8, 4) is 0 Å². The minimum absolute atomic E-state index is 0.0825. The molecule has 33 heavy (non-hydrogen) atoms. The molecular formula is C25H27F2N5O. The van der Waals surface area contributed by atoms with Crippen LogP contribution in [0.5, 0.6) is 0 Å². The Kier molecular flexibility index (Phi) is 6.17. The van der Waals surface area contributed by atoms with Crippen LogP contribution in [0.3, 0.4) is 0 Å². The zero-order valence-electron chi connectivity index (χ0n) is 19.2. The first-order valence-corrected chi connectivity index (χ1v) is 11.1. The number of fused-ring (bicyclic) bond motifs is 1. The lowest BCUT2D eigenvalue weighted by molar-refractivity contribution is 0.114. The number of pyridine rings is 2. The van der Waals surface area contributed by atoms with Crippen LogP contribution in [0.2, 0.25) is 0 Å². The molecule has 172 valence electrons. The summed E-state index contributed by atoms with van der Waals surface area (Å²) in [5, 5.41) is 0. The Balaban J connectivity index is 1.72. The molecule has 0 aliphatic carbocycles. The van der Waals surface area contributed by atoms with Crippen LogP contribution in [0.1, 0.15) is 38.8 Å². The van der Waals surface area contributed by atoms with E-state index in [1.807, 2.05) is 6.92 Å². The number of aryl methyl sites for hydroxylation is 1. The molecule has 1 aliphatic heterocycles. The van der Waals surface area contributed by atoms with Gasteiger partial charge in [-0.3, -0.25) is 9.69 Å². The summed E-state index contributed by atoms with van der Waals surface area (Å²) in [4.78, 5) is 25.2. The third kappa shape index (κ3) is 4.09. The molecule has 0 bridgehead atoms. The first-order chi connectivity index (χ1) is 15.7. The summed E-state index contributed by atoms with van der Waals surface area (Å²) in [6, 6.07) is 9.14. The van der Waals surface area contributed by atoms with Crippen molar-refractivity contribution in [3.63, 3.8) is 0 Å². The van der Waals surface area contributed by atoms with Gasteiger partial charge in [-0.15, -0.1) is 4.98 Å². The summed E-state index contributed by atoms with van der Waals surface area (Å²) < 4.78 is 28.8. The van der Waals surface area contributed by atoms with E-state index < -0.39 is 11.6 Å². The van der Waals surface area contributed by atoms with Crippen molar-refractivity contribution in [2.75, 3.05) is 18.0 Å². The highest BCUT2D eigenvalue weighted by Gasteiger charge is 2.35. The normalized spacial score (nSPS) is 20.1. The molecule has 6 nitrogen and oxygen atoms in total. The fourth-order valence-corrected chi connectivity index (χ4v) is 4.79. The molecule has 0 saturated carbocycles. The number of benzene rings is 1. The van der Waals surface area contributed by atoms with E-state index in [0.717, 1.165) is 17.7 Å². The van der Waals surface area contributed by atoms with Gasteiger partial charge in [0.1, 0.15) is 0 Å². The third-order valence-electron chi connectivity index (χ3n) is 6.76. The third-order valence-corrected chi connectivity index (χ3v) is 6.76. The van der Waals surface area contributed by atoms with E-state index in [1.54, 1.807) is 35.9 Å². The molecule has 1 fully saturated rings. The lowest BCUT2D eigenvalue weighted by atomic mass is 9.98. The Labute approximate surface area is 191 Å². The minimum atomic E-state index is -0.848. The largest absolute Gasteiger partial charge is 0.362 e. The number of halogens is 2. The highest BCUT2D eigenvalue weighted by Crippen LogP contribution is 2.34. The molecule has 0 spiro atoms. The van der Waals surface area contributed by atoms with Gasteiger partial charge in [0.25, 0.3) is 11.4 Å². The van der Waals surface area contributed by atoms with Gasteiger partial charge in [-0.05, 0) is 50.1 Å². The minimum Gasteiger partial charge on any atom is -0.362 e. The van der Waals surface area contributed by atoms with Gasteiger partial charge in [0, 0.05) is 44.3 Å². The average molecular weight is 452 g/mol. The monoisotopic (exact) mass is 451 g/mol. The first kappa shape index (κ1) is 22.9. The van der Waals surface area contributed by atoms with Gasteiger partial charge in [-0.2, -0.15) is 0 Å². The summed E-state index contributed by atoms with van der Waals surface area (Å²) >= 11 is 0. The number of hydrogen-bond donors (Lipinski definition) is 0.